The number of anilines is 1. The molecule has 4 heterocycles. The molecule has 1 aliphatic rings. The van der Waals surface area contributed by atoms with Crippen LogP contribution in [0.25, 0.3) is 11.4 Å². The van der Waals surface area contributed by atoms with Crippen molar-refractivity contribution in [3.05, 3.63) is 42.3 Å². The van der Waals surface area contributed by atoms with E-state index in [-0.39, 0.29) is 23.9 Å². The summed E-state index contributed by atoms with van der Waals surface area (Å²) in [6, 6.07) is 2.89. The molecule has 152 valence electrons. The standard InChI is InChI=1S/C17H16F3N7O2/c18-17(19,20)16-25-15(26-29-16)11-1-2-23-14(7-11)28-10-12-8-22-9-13(24-12)27-5-3-21-4-6-27/h1-2,7-9,21H,3-6,10H2. The van der Waals surface area contributed by atoms with Gasteiger partial charge in [-0.3, -0.25) is 4.98 Å². The number of nitrogens with one attached hydrogen (secondary N) is 1. The largest absolute Gasteiger partial charge is 0.471 e. The Morgan fingerprint density at radius 3 is 2.76 bits per heavy atom. The monoisotopic (exact) mass is 407 g/mol. The molecule has 9 nitrogen and oxygen atoms in total. The highest BCUT2D eigenvalue weighted by atomic mass is 19.4. The van der Waals surface area contributed by atoms with Crippen LogP contribution in [0.4, 0.5) is 19.0 Å². The number of halogens is 3. The Morgan fingerprint density at radius 1 is 1.17 bits per heavy atom. The van der Waals surface area contributed by atoms with Gasteiger partial charge < -0.3 is 19.5 Å². The number of rotatable bonds is 5. The van der Waals surface area contributed by atoms with Crippen LogP contribution in [-0.2, 0) is 12.8 Å². The van der Waals surface area contributed by atoms with Gasteiger partial charge >= 0.3 is 12.1 Å². The third-order valence-electron chi connectivity index (χ3n) is 4.14. The maximum Gasteiger partial charge on any atom is 0.471 e. The Labute approximate surface area is 162 Å². The summed E-state index contributed by atoms with van der Waals surface area (Å²) in [7, 11) is 0. The van der Waals surface area contributed by atoms with Gasteiger partial charge in [0, 0.05) is 44.0 Å². The van der Waals surface area contributed by atoms with Gasteiger partial charge in [0.15, 0.2) is 0 Å². The fraction of sp³-hybridized carbons (Fsp3) is 0.353. The van der Waals surface area contributed by atoms with E-state index in [4.69, 9.17) is 4.74 Å². The summed E-state index contributed by atoms with van der Waals surface area (Å²) in [5.41, 5.74) is 0.891. The van der Waals surface area contributed by atoms with E-state index in [1.54, 1.807) is 12.4 Å². The van der Waals surface area contributed by atoms with Gasteiger partial charge in [0.05, 0.1) is 18.1 Å². The molecule has 0 aromatic carbocycles. The van der Waals surface area contributed by atoms with Crippen LogP contribution in [-0.4, -0.2) is 51.3 Å². The first kappa shape index (κ1) is 19.1. The topological polar surface area (TPSA) is 102 Å². The second kappa shape index (κ2) is 7.99. The molecule has 4 rings (SSSR count). The average Bonchev–Trinajstić information content (AvgIpc) is 3.24. The van der Waals surface area contributed by atoms with Gasteiger partial charge in [-0.15, -0.1) is 0 Å². The van der Waals surface area contributed by atoms with Gasteiger partial charge in [-0.1, -0.05) is 5.16 Å². The van der Waals surface area contributed by atoms with E-state index in [1.165, 1.54) is 18.3 Å². The van der Waals surface area contributed by atoms with Gasteiger partial charge in [0.25, 0.3) is 0 Å². The van der Waals surface area contributed by atoms with E-state index >= 15 is 0 Å². The van der Waals surface area contributed by atoms with Gasteiger partial charge in [0.1, 0.15) is 12.4 Å². The van der Waals surface area contributed by atoms with Crippen molar-refractivity contribution in [1.29, 1.82) is 0 Å². The van der Waals surface area contributed by atoms with E-state index in [0.717, 1.165) is 32.0 Å². The summed E-state index contributed by atoms with van der Waals surface area (Å²) in [5.74, 6) is -0.659. The first-order valence-electron chi connectivity index (χ1n) is 8.76. The van der Waals surface area contributed by atoms with E-state index in [1.807, 2.05) is 0 Å². The van der Waals surface area contributed by atoms with Crippen LogP contribution in [0.1, 0.15) is 11.6 Å². The highest BCUT2D eigenvalue weighted by Crippen LogP contribution is 2.29. The number of piperazine rings is 1. The zero-order valence-electron chi connectivity index (χ0n) is 15.1. The van der Waals surface area contributed by atoms with Gasteiger partial charge in [-0.2, -0.15) is 18.2 Å². The molecule has 0 aliphatic carbocycles. The van der Waals surface area contributed by atoms with Crippen molar-refractivity contribution in [3.8, 4) is 17.3 Å². The Kier molecular flexibility index (Phi) is 5.25. The van der Waals surface area contributed by atoms with Crippen LogP contribution < -0.4 is 15.0 Å². The summed E-state index contributed by atoms with van der Waals surface area (Å²) in [6.45, 7) is 3.54. The molecule has 0 radical (unpaired) electrons. The normalized spacial score (nSPS) is 14.8. The van der Waals surface area contributed by atoms with Crippen molar-refractivity contribution in [1.82, 2.24) is 30.4 Å². The minimum atomic E-state index is -4.70. The molecule has 0 spiro atoms. The Bertz CT molecular complexity index is 973. The number of hydrogen-bond donors (Lipinski definition) is 1. The molecule has 3 aromatic rings. The Balaban J connectivity index is 1.44. The highest BCUT2D eigenvalue weighted by Gasteiger charge is 2.38. The SMILES string of the molecule is FC(F)(F)c1nc(-c2ccnc(OCc3cncc(N4CCNCC4)n3)c2)no1. The van der Waals surface area contributed by atoms with Crippen molar-refractivity contribution < 1.29 is 22.4 Å². The molecular formula is C17H16F3N7O2. The molecular weight excluding hydrogens is 391 g/mol. The lowest BCUT2D eigenvalue weighted by Crippen LogP contribution is -2.44. The number of ether oxygens (including phenoxy) is 1. The van der Waals surface area contributed by atoms with E-state index in [2.05, 4.69) is 39.8 Å². The predicted octanol–water partition coefficient (Wildman–Crippen LogP) is 1.93. The number of nitrogens with zero attached hydrogens (tertiary/aromatic N) is 6. The molecule has 0 saturated carbocycles. The highest BCUT2D eigenvalue weighted by molar-refractivity contribution is 5.55. The molecule has 0 atom stereocenters. The fourth-order valence-electron chi connectivity index (χ4n) is 2.74. The van der Waals surface area contributed by atoms with Crippen molar-refractivity contribution in [2.24, 2.45) is 0 Å². The van der Waals surface area contributed by atoms with Gasteiger partial charge in [-0.05, 0) is 6.07 Å². The first-order valence-corrected chi connectivity index (χ1v) is 8.76. The molecule has 29 heavy (non-hydrogen) atoms. The molecule has 0 bridgehead atoms. The maximum atomic E-state index is 12.6. The van der Waals surface area contributed by atoms with Crippen LogP contribution in [0.2, 0.25) is 0 Å². The van der Waals surface area contributed by atoms with E-state index in [0.29, 0.717) is 5.69 Å². The van der Waals surface area contributed by atoms with Crippen molar-refractivity contribution in [2.45, 2.75) is 12.8 Å². The van der Waals surface area contributed by atoms with Crippen LogP contribution in [0.5, 0.6) is 5.88 Å². The molecule has 1 saturated heterocycles. The average molecular weight is 407 g/mol. The maximum absolute atomic E-state index is 12.6. The van der Waals surface area contributed by atoms with Crippen LogP contribution in [0, 0.1) is 0 Å². The first-order chi connectivity index (χ1) is 14.0. The molecule has 0 amide bonds. The Morgan fingerprint density at radius 2 is 2.00 bits per heavy atom. The predicted molar refractivity (Wildman–Crippen MR) is 94.0 cm³/mol. The van der Waals surface area contributed by atoms with E-state index < -0.39 is 12.1 Å². The second-order valence-electron chi connectivity index (χ2n) is 6.20. The third-order valence-corrected chi connectivity index (χ3v) is 4.14. The summed E-state index contributed by atoms with van der Waals surface area (Å²) < 4.78 is 47.7. The quantitative estimate of drug-likeness (QED) is 0.680. The zero-order valence-corrected chi connectivity index (χ0v) is 15.1. The molecule has 0 unspecified atom stereocenters. The number of alkyl halides is 3. The van der Waals surface area contributed by atoms with Crippen LogP contribution in [0.15, 0.2) is 35.2 Å². The van der Waals surface area contributed by atoms with Gasteiger partial charge in [0.2, 0.25) is 11.7 Å². The fourth-order valence-corrected chi connectivity index (χ4v) is 2.74. The summed E-state index contributed by atoms with van der Waals surface area (Å²) in [5, 5.41) is 6.63. The lowest BCUT2D eigenvalue weighted by Gasteiger charge is -2.28. The van der Waals surface area contributed by atoms with Gasteiger partial charge in [-0.25, -0.2) is 9.97 Å². The summed E-state index contributed by atoms with van der Waals surface area (Å²) in [6.07, 6.45) is -0.0324. The molecule has 3 aromatic heterocycles. The molecule has 12 heteroatoms. The smallest absolute Gasteiger partial charge is 0.471 e. The number of pyridine rings is 1. The second-order valence-corrected chi connectivity index (χ2v) is 6.20. The van der Waals surface area contributed by atoms with E-state index in [9.17, 15) is 13.2 Å². The zero-order chi connectivity index (χ0) is 20.3. The minimum absolute atomic E-state index is 0.101. The number of hydrogen-bond acceptors (Lipinski definition) is 9. The Hall–Kier alpha value is -3.28. The summed E-state index contributed by atoms with van der Waals surface area (Å²) in [4.78, 5) is 18.3. The molecule has 1 fully saturated rings. The van der Waals surface area contributed by atoms with Crippen LogP contribution >= 0.6 is 0 Å². The minimum Gasteiger partial charge on any atom is -0.471 e. The molecule has 1 aliphatic heterocycles. The van der Waals surface area contributed by atoms with Crippen molar-refractivity contribution in [2.75, 3.05) is 31.1 Å². The third kappa shape index (κ3) is 4.59. The van der Waals surface area contributed by atoms with Crippen LogP contribution in [0.3, 0.4) is 0 Å². The summed E-state index contributed by atoms with van der Waals surface area (Å²) >= 11 is 0. The van der Waals surface area contributed by atoms with Crippen molar-refractivity contribution >= 4 is 5.82 Å². The number of aromatic nitrogens is 5. The molecule has 1 N–H and O–H groups in total. The lowest BCUT2D eigenvalue weighted by molar-refractivity contribution is -0.159. The lowest BCUT2D eigenvalue weighted by atomic mass is 10.2. The van der Waals surface area contributed by atoms with Crippen molar-refractivity contribution in [3.63, 3.8) is 0 Å².